The summed E-state index contributed by atoms with van der Waals surface area (Å²) in [6.07, 6.45) is 2.49. The van der Waals surface area contributed by atoms with E-state index < -0.39 is 0 Å². The van der Waals surface area contributed by atoms with Gasteiger partial charge in [0, 0.05) is 39.8 Å². The second kappa shape index (κ2) is 12.8. The predicted octanol–water partition coefficient (Wildman–Crippen LogP) is 3.78. The lowest BCUT2D eigenvalue weighted by Crippen LogP contribution is -2.44. The van der Waals surface area contributed by atoms with Crippen LogP contribution in [-0.2, 0) is 24.4 Å². The number of nitrogens with one attached hydrogen (secondary N) is 2. The van der Waals surface area contributed by atoms with Gasteiger partial charge in [0.15, 0.2) is 5.96 Å². The summed E-state index contributed by atoms with van der Waals surface area (Å²) < 4.78 is 5.22. The van der Waals surface area contributed by atoms with Crippen molar-refractivity contribution in [2.75, 3.05) is 27.2 Å². The summed E-state index contributed by atoms with van der Waals surface area (Å²) in [6.45, 7) is 4.48. The van der Waals surface area contributed by atoms with Crippen LogP contribution in [0.3, 0.4) is 0 Å². The SMILES string of the molecule is CN=C(NCc1cccc(COC)c1)NCC1CCCN1Cc1ccccc1.I. The van der Waals surface area contributed by atoms with Crippen LogP contribution in [-0.4, -0.2) is 44.1 Å². The number of aliphatic imine (C=N–C) groups is 1. The zero-order chi connectivity index (χ0) is 19.6. The Hall–Kier alpha value is -1.64. The minimum absolute atomic E-state index is 0. The molecule has 0 spiro atoms. The van der Waals surface area contributed by atoms with E-state index in [9.17, 15) is 0 Å². The molecule has 0 bridgehead atoms. The van der Waals surface area contributed by atoms with Gasteiger partial charge in [-0.15, -0.1) is 24.0 Å². The summed E-state index contributed by atoms with van der Waals surface area (Å²) >= 11 is 0. The number of guanidine groups is 1. The Kier molecular flexibility index (Phi) is 10.5. The fourth-order valence-electron chi connectivity index (χ4n) is 3.77. The van der Waals surface area contributed by atoms with Crippen molar-refractivity contribution in [2.45, 2.75) is 38.6 Å². The molecule has 0 saturated carbocycles. The molecular weight excluding hydrogens is 475 g/mol. The van der Waals surface area contributed by atoms with Crippen molar-refractivity contribution in [1.29, 1.82) is 0 Å². The molecule has 1 heterocycles. The van der Waals surface area contributed by atoms with Crippen LogP contribution in [0.4, 0.5) is 0 Å². The summed E-state index contributed by atoms with van der Waals surface area (Å²) in [6, 6.07) is 19.7. The van der Waals surface area contributed by atoms with E-state index in [0.717, 1.165) is 25.6 Å². The average Bonchev–Trinajstić information content (AvgIpc) is 3.16. The van der Waals surface area contributed by atoms with Gasteiger partial charge in [0.25, 0.3) is 0 Å². The van der Waals surface area contributed by atoms with E-state index in [2.05, 4.69) is 75.1 Å². The van der Waals surface area contributed by atoms with E-state index in [1.165, 1.54) is 36.1 Å². The first-order valence-corrected chi connectivity index (χ1v) is 10.1. The highest BCUT2D eigenvalue weighted by Gasteiger charge is 2.24. The molecule has 1 aliphatic heterocycles. The summed E-state index contributed by atoms with van der Waals surface area (Å²) in [5, 5.41) is 6.93. The van der Waals surface area contributed by atoms with Gasteiger partial charge in [-0.2, -0.15) is 0 Å². The Labute approximate surface area is 192 Å². The maximum absolute atomic E-state index is 5.22. The first-order chi connectivity index (χ1) is 13.8. The molecule has 0 aromatic heterocycles. The second-order valence-corrected chi connectivity index (χ2v) is 7.31. The van der Waals surface area contributed by atoms with E-state index in [1.807, 2.05) is 7.05 Å². The number of rotatable bonds is 8. The highest BCUT2D eigenvalue weighted by atomic mass is 127. The number of nitrogens with zero attached hydrogens (tertiary/aromatic N) is 2. The van der Waals surface area contributed by atoms with Gasteiger partial charge >= 0.3 is 0 Å². The van der Waals surface area contributed by atoms with Crippen LogP contribution in [0.25, 0.3) is 0 Å². The number of likely N-dealkylation sites (tertiary alicyclic amines) is 1. The zero-order valence-corrected chi connectivity index (χ0v) is 19.8. The molecule has 0 aliphatic carbocycles. The Morgan fingerprint density at radius 3 is 2.59 bits per heavy atom. The Balaban J connectivity index is 0.00000300. The molecule has 1 saturated heterocycles. The van der Waals surface area contributed by atoms with Crippen molar-refractivity contribution in [3.8, 4) is 0 Å². The highest BCUT2D eigenvalue weighted by Crippen LogP contribution is 2.19. The molecule has 1 atom stereocenters. The maximum Gasteiger partial charge on any atom is 0.191 e. The van der Waals surface area contributed by atoms with Crippen LogP contribution in [0.15, 0.2) is 59.6 Å². The molecule has 2 N–H and O–H groups in total. The first kappa shape index (κ1) is 23.6. The largest absolute Gasteiger partial charge is 0.380 e. The third-order valence-corrected chi connectivity index (χ3v) is 5.22. The molecule has 2 aromatic carbocycles. The van der Waals surface area contributed by atoms with E-state index >= 15 is 0 Å². The van der Waals surface area contributed by atoms with Crippen LogP contribution < -0.4 is 10.6 Å². The Morgan fingerprint density at radius 2 is 1.83 bits per heavy atom. The molecule has 0 radical (unpaired) electrons. The Morgan fingerprint density at radius 1 is 1.07 bits per heavy atom. The quantitative estimate of drug-likeness (QED) is 0.324. The van der Waals surface area contributed by atoms with Gasteiger partial charge in [-0.1, -0.05) is 54.6 Å². The molecule has 5 nitrogen and oxygen atoms in total. The third kappa shape index (κ3) is 7.60. The summed E-state index contributed by atoms with van der Waals surface area (Å²) in [4.78, 5) is 6.96. The van der Waals surface area contributed by atoms with E-state index in [0.29, 0.717) is 12.6 Å². The molecule has 3 rings (SSSR count). The number of benzene rings is 2. The second-order valence-electron chi connectivity index (χ2n) is 7.31. The normalized spacial score (nSPS) is 17.0. The van der Waals surface area contributed by atoms with Crippen molar-refractivity contribution in [3.05, 3.63) is 71.3 Å². The molecule has 158 valence electrons. The van der Waals surface area contributed by atoms with Gasteiger partial charge in [0.1, 0.15) is 0 Å². The van der Waals surface area contributed by atoms with E-state index in [1.54, 1.807) is 7.11 Å². The van der Waals surface area contributed by atoms with Crippen molar-refractivity contribution >= 4 is 29.9 Å². The molecule has 1 unspecified atom stereocenters. The van der Waals surface area contributed by atoms with Gasteiger partial charge in [0.2, 0.25) is 0 Å². The minimum Gasteiger partial charge on any atom is -0.380 e. The van der Waals surface area contributed by atoms with E-state index in [4.69, 9.17) is 4.74 Å². The van der Waals surface area contributed by atoms with Gasteiger partial charge in [-0.05, 0) is 36.1 Å². The van der Waals surface area contributed by atoms with Crippen molar-refractivity contribution in [1.82, 2.24) is 15.5 Å². The molecule has 2 aromatic rings. The third-order valence-electron chi connectivity index (χ3n) is 5.22. The lowest BCUT2D eigenvalue weighted by atomic mass is 10.1. The summed E-state index contributed by atoms with van der Waals surface area (Å²) in [5.74, 6) is 0.851. The predicted molar refractivity (Wildman–Crippen MR) is 131 cm³/mol. The number of ether oxygens (including phenoxy) is 1. The number of hydrogen-bond donors (Lipinski definition) is 2. The van der Waals surface area contributed by atoms with Crippen LogP contribution in [0, 0.1) is 0 Å². The van der Waals surface area contributed by atoms with Gasteiger partial charge in [-0.3, -0.25) is 9.89 Å². The summed E-state index contributed by atoms with van der Waals surface area (Å²) in [5.41, 5.74) is 3.80. The lowest BCUT2D eigenvalue weighted by molar-refractivity contribution is 0.185. The van der Waals surface area contributed by atoms with Crippen LogP contribution in [0.5, 0.6) is 0 Å². The first-order valence-electron chi connectivity index (χ1n) is 10.1. The van der Waals surface area contributed by atoms with Gasteiger partial charge < -0.3 is 15.4 Å². The van der Waals surface area contributed by atoms with Gasteiger partial charge in [-0.25, -0.2) is 0 Å². The topological polar surface area (TPSA) is 48.9 Å². The number of methoxy groups -OCH3 is 1. The molecular formula is C23H33IN4O. The van der Waals surface area contributed by atoms with Crippen LogP contribution in [0.1, 0.15) is 29.5 Å². The van der Waals surface area contributed by atoms with Crippen LogP contribution >= 0.6 is 24.0 Å². The average molecular weight is 508 g/mol. The minimum atomic E-state index is 0. The van der Waals surface area contributed by atoms with Crippen molar-refractivity contribution in [2.24, 2.45) is 4.99 Å². The maximum atomic E-state index is 5.22. The Bertz CT molecular complexity index is 754. The molecule has 6 heteroatoms. The van der Waals surface area contributed by atoms with E-state index in [-0.39, 0.29) is 24.0 Å². The molecule has 1 fully saturated rings. The summed E-state index contributed by atoms with van der Waals surface area (Å²) in [7, 11) is 3.55. The lowest BCUT2D eigenvalue weighted by Gasteiger charge is -2.25. The number of hydrogen-bond acceptors (Lipinski definition) is 3. The zero-order valence-electron chi connectivity index (χ0n) is 17.4. The standard InChI is InChI=1S/C23H32N4O.HI/c1-24-23(25-15-20-10-6-11-21(14-20)18-28-2)26-16-22-12-7-13-27(22)17-19-8-4-3-5-9-19;/h3-6,8-11,14,22H,7,12-13,15-18H2,1-2H3,(H2,24,25,26);1H. The molecule has 0 amide bonds. The van der Waals surface area contributed by atoms with Crippen LogP contribution in [0.2, 0.25) is 0 Å². The smallest absolute Gasteiger partial charge is 0.191 e. The monoisotopic (exact) mass is 508 g/mol. The molecule has 29 heavy (non-hydrogen) atoms. The van der Waals surface area contributed by atoms with Crippen molar-refractivity contribution in [3.63, 3.8) is 0 Å². The molecule has 1 aliphatic rings. The van der Waals surface area contributed by atoms with Gasteiger partial charge in [0.05, 0.1) is 6.61 Å². The van der Waals surface area contributed by atoms with Crippen molar-refractivity contribution < 1.29 is 4.74 Å². The highest BCUT2D eigenvalue weighted by molar-refractivity contribution is 14.0. The fraction of sp³-hybridized carbons (Fsp3) is 0.435. The fourth-order valence-corrected chi connectivity index (χ4v) is 3.77. The number of halogens is 1.